The first-order valence-corrected chi connectivity index (χ1v) is 3.29. The quantitative estimate of drug-likeness (QED) is 0.712. The fourth-order valence-corrected chi connectivity index (χ4v) is 0.754. The topological polar surface area (TPSA) is 62.2 Å². The Balaban J connectivity index is 3.00. The van der Waals surface area contributed by atoms with Crippen molar-refractivity contribution >= 4 is 23.5 Å². The van der Waals surface area contributed by atoms with Crippen molar-refractivity contribution in [3.63, 3.8) is 0 Å². The van der Waals surface area contributed by atoms with Gasteiger partial charge >= 0.3 is 6.09 Å². The molecule has 1 amide bonds. The Morgan fingerprint density at radius 2 is 2.42 bits per heavy atom. The van der Waals surface area contributed by atoms with E-state index in [1.807, 2.05) is 0 Å². The van der Waals surface area contributed by atoms with Crippen LogP contribution in [0.4, 0.5) is 15.0 Å². The molecule has 0 aliphatic carbocycles. The van der Waals surface area contributed by atoms with Gasteiger partial charge in [0.25, 0.3) is 0 Å². The molecule has 0 bridgehead atoms. The van der Waals surface area contributed by atoms with E-state index in [-0.39, 0.29) is 5.02 Å². The monoisotopic (exact) mass is 190 g/mol. The number of carboxylic acid groups (broad SMARTS) is 1. The number of amides is 1. The van der Waals surface area contributed by atoms with E-state index in [4.69, 9.17) is 16.7 Å². The van der Waals surface area contributed by atoms with Crippen LogP contribution in [0.2, 0.25) is 5.02 Å². The maximum absolute atomic E-state index is 12.8. The molecule has 0 fully saturated rings. The number of anilines is 1. The minimum absolute atomic E-state index is 0.172. The molecule has 0 radical (unpaired) electrons. The summed E-state index contributed by atoms with van der Waals surface area (Å²) >= 11 is 5.35. The maximum atomic E-state index is 12.8. The molecule has 0 atom stereocenters. The van der Waals surface area contributed by atoms with Crippen LogP contribution in [-0.4, -0.2) is 16.2 Å². The van der Waals surface area contributed by atoms with E-state index in [0.29, 0.717) is 0 Å². The number of rotatable bonds is 1. The van der Waals surface area contributed by atoms with Gasteiger partial charge in [-0.3, -0.25) is 5.32 Å². The smallest absolute Gasteiger partial charge is 0.410 e. The third-order valence-electron chi connectivity index (χ3n) is 1.07. The number of hydrogen-bond donors (Lipinski definition) is 2. The molecule has 0 aliphatic heterocycles. The number of aromatic nitrogens is 1. The van der Waals surface area contributed by atoms with E-state index >= 15 is 0 Å². The third kappa shape index (κ3) is 1.82. The predicted octanol–water partition coefficient (Wildman–Crippen LogP) is 1.96. The van der Waals surface area contributed by atoms with Gasteiger partial charge < -0.3 is 5.11 Å². The van der Waals surface area contributed by atoms with Gasteiger partial charge in [0.1, 0.15) is 0 Å². The van der Waals surface area contributed by atoms with Gasteiger partial charge in [-0.2, -0.15) is 0 Å². The molecule has 0 saturated carbocycles. The maximum Gasteiger partial charge on any atom is 0.410 e. The number of hydrogen-bond acceptors (Lipinski definition) is 2. The summed E-state index contributed by atoms with van der Waals surface area (Å²) in [6.07, 6.45) is -0.180. The van der Waals surface area contributed by atoms with Gasteiger partial charge in [0.15, 0.2) is 11.6 Å². The van der Waals surface area contributed by atoms with Gasteiger partial charge in [0.05, 0.1) is 5.02 Å². The molecule has 4 nitrogen and oxygen atoms in total. The van der Waals surface area contributed by atoms with Gasteiger partial charge in [-0.15, -0.1) is 0 Å². The molecule has 2 N–H and O–H groups in total. The van der Waals surface area contributed by atoms with Crippen LogP contribution in [0.1, 0.15) is 0 Å². The lowest BCUT2D eigenvalue weighted by atomic mass is 10.4. The molecule has 12 heavy (non-hydrogen) atoms. The number of pyridine rings is 1. The van der Waals surface area contributed by atoms with Crippen LogP contribution < -0.4 is 5.32 Å². The first kappa shape index (κ1) is 8.73. The minimum atomic E-state index is -1.39. The molecule has 64 valence electrons. The Bertz CT molecular complexity index is 318. The van der Waals surface area contributed by atoms with Crippen molar-refractivity contribution in [1.29, 1.82) is 0 Å². The molecule has 1 aromatic heterocycles. The number of nitrogens with one attached hydrogen (secondary N) is 1. The van der Waals surface area contributed by atoms with Crippen molar-refractivity contribution in [2.75, 3.05) is 5.32 Å². The zero-order chi connectivity index (χ0) is 9.14. The van der Waals surface area contributed by atoms with Crippen LogP contribution in [-0.2, 0) is 0 Å². The van der Waals surface area contributed by atoms with Crippen LogP contribution in [0.5, 0.6) is 0 Å². The molecule has 0 unspecified atom stereocenters. The van der Waals surface area contributed by atoms with Crippen LogP contribution >= 0.6 is 11.6 Å². The highest BCUT2D eigenvalue weighted by atomic mass is 35.5. The molecular weight excluding hydrogens is 187 g/mol. The Morgan fingerprint density at radius 3 is 3.00 bits per heavy atom. The second-order valence-corrected chi connectivity index (χ2v) is 2.29. The second-order valence-electron chi connectivity index (χ2n) is 1.89. The first-order chi connectivity index (χ1) is 5.61. The van der Waals surface area contributed by atoms with E-state index in [2.05, 4.69) is 4.98 Å². The largest absolute Gasteiger partial charge is 0.465 e. The number of nitrogens with zero attached hydrogens (tertiary/aromatic N) is 1. The van der Waals surface area contributed by atoms with Crippen molar-refractivity contribution in [1.82, 2.24) is 4.98 Å². The van der Waals surface area contributed by atoms with E-state index in [0.717, 1.165) is 0 Å². The van der Waals surface area contributed by atoms with E-state index in [1.54, 1.807) is 5.32 Å². The average Bonchev–Trinajstić information content (AvgIpc) is 1.98. The highest BCUT2D eigenvalue weighted by Crippen LogP contribution is 2.18. The SMILES string of the molecule is O=C(O)Nc1nccc(Cl)c1F. The Hall–Kier alpha value is -1.36. The number of halogens is 2. The fraction of sp³-hybridized carbons (Fsp3) is 0. The van der Waals surface area contributed by atoms with Crippen molar-refractivity contribution in [3.05, 3.63) is 23.1 Å². The van der Waals surface area contributed by atoms with E-state index in [9.17, 15) is 9.18 Å². The highest BCUT2D eigenvalue weighted by Gasteiger charge is 2.09. The molecule has 0 saturated heterocycles. The normalized spacial score (nSPS) is 9.50. The Labute approximate surface area is 72.0 Å². The zero-order valence-corrected chi connectivity index (χ0v) is 6.47. The molecule has 6 heteroatoms. The highest BCUT2D eigenvalue weighted by molar-refractivity contribution is 6.31. The fourth-order valence-electron chi connectivity index (χ4n) is 0.609. The van der Waals surface area contributed by atoms with E-state index in [1.165, 1.54) is 12.3 Å². The average molecular weight is 191 g/mol. The molecule has 1 aromatic rings. The summed E-state index contributed by atoms with van der Waals surface area (Å²) in [6.45, 7) is 0. The summed E-state index contributed by atoms with van der Waals surface area (Å²) in [5, 5.41) is 9.81. The minimum Gasteiger partial charge on any atom is -0.465 e. The molecule has 0 aliphatic rings. The van der Waals surface area contributed by atoms with Crippen LogP contribution in [0.3, 0.4) is 0 Å². The lowest BCUT2D eigenvalue weighted by molar-refractivity contribution is 0.209. The lowest BCUT2D eigenvalue weighted by Crippen LogP contribution is -2.10. The third-order valence-corrected chi connectivity index (χ3v) is 1.36. The zero-order valence-electron chi connectivity index (χ0n) is 5.71. The summed E-state index contributed by atoms with van der Waals surface area (Å²) in [5.41, 5.74) is 0. The predicted molar refractivity (Wildman–Crippen MR) is 40.9 cm³/mol. The van der Waals surface area contributed by atoms with Gasteiger partial charge in [-0.05, 0) is 6.07 Å². The lowest BCUT2D eigenvalue weighted by Gasteiger charge is -2.00. The Kier molecular flexibility index (Phi) is 2.44. The van der Waals surface area contributed by atoms with Gasteiger partial charge in [0.2, 0.25) is 0 Å². The van der Waals surface area contributed by atoms with Gasteiger partial charge in [-0.1, -0.05) is 11.6 Å². The standard InChI is InChI=1S/C6H4ClFN2O2/c7-3-1-2-9-5(4(3)8)10-6(11)12/h1-2H,(H,9,10)(H,11,12). The summed E-state index contributed by atoms with van der Waals surface area (Å²) in [7, 11) is 0. The van der Waals surface area contributed by atoms with Gasteiger partial charge in [-0.25, -0.2) is 14.2 Å². The van der Waals surface area contributed by atoms with Crippen molar-refractivity contribution in [2.45, 2.75) is 0 Å². The first-order valence-electron chi connectivity index (χ1n) is 2.91. The summed E-state index contributed by atoms with van der Waals surface area (Å²) in [6, 6.07) is 1.23. The van der Waals surface area contributed by atoms with Crippen LogP contribution in [0, 0.1) is 5.82 Å². The van der Waals surface area contributed by atoms with Gasteiger partial charge in [0, 0.05) is 6.20 Å². The molecule has 1 rings (SSSR count). The van der Waals surface area contributed by atoms with Crippen molar-refractivity contribution in [3.8, 4) is 0 Å². The molecule has 0 aromatic carbocycles. The Morgan fingerprint density at radius 1 is 1.75 bits per heavy atom. The van der Waals surface area contributed by atoms with Crippen molar-refractivity contribution < 1.29 is 14.3 Å². The van der Waals surface area contributed by atoms with E-state index < -0.39 is 17.7 Å². The summed E-state index contributed by atoms with van der Waals surface area (Å²) in [5.74, 6) is -1.27. The number of carbonyl (C=O) groups is 1. The van der Waals surface area contributed by atoms with Crippen molar-refractivity contribution in [2.24, 2.45) is 0 Å². The van der Waals surface area contributed by atoms with Crippen LogP contribution in [0.25, 0.3) is 0 Å². The second kappa shape index (κ2) is 3.36. The van der Waals surface area contributed by atoms with Crippen LogP contribution in [0.15, 0.2) is 12.3 Å². The summed E-state index contributed by atoms with van der Waals surface area (Å²) in [4.78, 5) is 13.5. The molecular formula is C6H4ClFN2O2. The summed E-state index contributed by atoms with van der Waals surface area (Å²) < 4.78 is 12.8. The molecule has 1 heterocycles. The molecule has 0 spiro atoms.